The number of nitrogens with one attached hydrogen (secondary N) is 1. The molecule has 1 aromatic carbocycles. The Morgan fingerprint density at radius 3 is 2.29 bits per heavy atom. The van der Waals surface area contributed by atoms with E-state index < -0.39 is 23.1 Å². The number of rotatable bonds is 3. The quantitative estimate of drug-likeness (QED) is 0.896. The Labute approximate surface area is 131 Å². The summed E-state index contributed by atoms with van der Waals surface area (Å²) in [4.78, 5) is 14.4. The summed E-state index contributed by atoms with van der Waals surface area (Å²) in [7, 11) is 0. The topological polar surface area (TPSA) is 32.3 Å². The summed E-state index contributed by atoms with van der Waals surface area (Å²) in [6, 6.07) is 2.64. The molecule has 6 heteroatoms. The summed E-state index contributed by atoms with van der Waals surface area (Å²) in [6.07, 6.45) is 1.59. The van der Waals surface area contributed by atoms with Crippen molar-refractivity contribution in [1.82, 2.24) is 10.2 Å². The van der Waals surface area contributed by atoms with E-state index in [-0.39, 0.29) is 10.5 Å². The van der Waals surface area contributed by atoms with Crippen molar-refractivity contribution in [2.24, 2.45) is 0 Å². The summed E-state index contributed by atoms with van der Waals surface area (Å²) in [5, 5.41) is 2.73. The molecule has 1 saturated heterocycles. The van der Waals surface area contributed by atoms with Gasteiger partial charge in [0.15, 0.2) is 0 Å². The largest absolute Gasteiger partial charge is 0.349 e. The van der Waals surface area contributed by atoms with Crippen molar-refractivity contribution in [1.29, 1.82) is 0 Å². The lowest BCUT2D eigenvalue weighted by Gasteiger charge is -2.34. The summed E-state index contributed by atoms with van der Waals surface area (Å²) in [5.41, 5.74) is -0.510. The molecule has 2 rings (SSSR count). The number of amides is 1. The van der Waals surface area contributed by atoms with E-state index in [4.69, 9.17) is 0 Å². The Morgan fingerprint density at radius 2 is 1.81 bits per heavy atom. The van der Waals surface area contributed by atoms with Crippen LogP contribution in [0.5, 0.6) is 0 Å². The molecular formula is C15H19BrF2N2O. The van der Waals surface area contributed by atoms with E-state index in [1.807, 2.05) is 0 Å². The Kier molecular flexibility index (Phi) is 5.32. The highest BCUT2D eigenvalue weighted by Gasteiger charge is 2.25. The second-order valence-electron chi connectivity index (χ2n) is 5.62. The predicted molar refractivity (Wildman–Crippen MR) is 81.3 cm³/mol. The average Bonchev–Trinajstić information content (AvgIpc) is 2.37. The van der Waals surface area contributed by atoms with E-state index in [9.17, 15) is 13.6 Å². The zero-order valence-electron chi connectivity index (χ0n) is 12.1. The third-order valence-corrected chi connectivity index (χ3v) is 4.29. The molecule has 1 aliphatic heterocycles. The molecule has 1 N–H and O–H groups in total. The molecular weight excluding hydrogens is 342 g/mol. The monoisotopic (exact) mass is 360 g/mol. The number of benzene rings is 1. The molecule has 0 aliphatic carbocycles. The normalized spacial score (nSPS) is 17.2. The van der Waals surface area contributed by atoms with Gasteiger partial charge in [0.25, 0.3) is 5.91 Å². The molecule has 1 aliphatic rings. The molecule has 1 aromatic rings. The minimum Gasteiger partial charge on any atom is -0.349 e. The standard InChI is InChI=1S/C15H19BrF2N2O/c1-9(2)20-5-3-11(4-6-20)19-15(21)14-12(17)7-10(16)8-13(14)18/h7-9,11H,3-6H2,1-2H3,(H,19,21). The van der Waals surface area contributed by atoms with Crippen LogP contribution in [0.25, 0.3) is 0 Å². The fourth-order valence-corrected chi connectivity index (χ4v) is 2.98. The maximum absolute atomic E-state index is 13.7. The minimum absolute atomic E-state index is 0.0325. The van der Waals surface area contributed by atoms with Crippen molar-refractivity contribution in [3.63, 3.8) is 0 Å². The van der Waals surface area contributed by atoms with E-state index in [1.54, 1.807) is 0 Å². The molecule has 1 fully saturated rings. The van der Waals surface area contributed by atoms with Crippen LogP contribution in [0.15, 0.2) is 16.6 Å². The number of hydrogen-bond donors (Lipinski definition) is 1. The van der Waals surface area contributed by atoms with Gasteiger partial charge in [0.1, 0.15) is 17.2 Å². The molecule has 0 aromatic heterocycles. The van der Waals surface area contributed by atoms with Gasteiger partial charge >= 0.3 is 0 Å². The lowest BCUT2D eigenvalue weighted by atomic mass is 10.0. The molecule has 0 unspecified atom stereocenters. The zero-order chi connectivity index (χ0) is 15.6. The summed E-state index contributed by atoms with van der Waals surface area (Å²) in [6.45, 7) is 6.03. The first kappa shape index (κ1) is 16.4. The van der Waals surface area contributed by atoms with Crippen LogP contribution in [-0.2, 0) is 0 Å². The van der Waals surface area contributed by atoms with Crippen LogP contribution in [-0.4, -0.2) is 36.0 Å². The Morgan fingerprint density at radius 1 is 1.29 bits per heavy atom. The summed E-state index contributed by atoms with van der Waals surface area (Å²) in [5.74, 6) is -2.38. The lowest BCUT2D eigenvalue weighted by molar-refractivity contribution is 0.0892. The fraction of sp³-hybridized carbons (Fsp3) is 0.533. The average molecular weight is 361 g/mol. The first-order chi connectivity index (χ1) is 9.88. The number of carbonyl (C=O) groups excluding carboxylic acids is 1. The molecule has 0 radical (unpaired) electrons. The first-order valence-corrected chi connectivity index (χ1v) is 7.87. The molecule has 116 valence electrons. The minimum atomic E-state index is -0.848. The summed E-state index contributed by atoms with van der Waals surface area (Å²) < 4.78 is 27.8. The molecule has 3 nitrogen and oxygen atoms in total. The van der Waals surface area contributed by atoms with Crippen LogP contribution in [0.1, 0.15) is 37.0 Å². The third-order valence-electron chi connectivity index (χ3n) is 3.83. The van der Waals surface area contributed by atoms with Crippen LogP contribution < -0.4 is 5.32 Å². The smallest absolute Gasteiger partial charge is 0.257 e. The highest BCUT2D eigenvalue weighted by Crippen LogP contribution is 2.20. The van der Waals surface area contributed by atoms with Gasteiger partial charge in [-0.3, -0.25) is 4.79 Å². The lowest BCUT2D eigenvalue weighted by Crippen LogP contribution is -2.46. The molecule has 0 bridgehead atoms. The Bertz CT molecular complexity index is 505. The number of nitrogens with zero attached hydrogens (tertiary/aromatic N) is 1. The van der Waals surface area contributed by atoms with Crippen LogP contribution >= 0.6 is 15.9 Å². The number of halogens is 3. The van der Waals surface area contributed by atoms with Gasteiger partial charge in [-0.25, -0.2) is 8.78 Å². The number of hydrogen-bond acceptors (Lipinski definition) is 2. The van der Waals surface area contributed by atoms with Gasteiger partial charge in [0.05, 0.1) is 0 Å². The van der Waals surface area contributed by atoms with Crippen molar-refractivity contribution in [2.45, 2.75) is 38.8 Å². The van der Waals surface area contributed by atoms with Gasteiger partial charge in [-0.2, -0.15) is 0 Å². The van der Waals surface area contributed by atoms with E-state index in [0.29, 0.717) is 6.04 Å². The molecule has 1 heterocycles. The van der Waals surface area contributed by atoms with E-state index in [0.717, 1.165) is 38.1 Å². The molecule has 1 amide bonds. The Balaban J connectivity index is 2.00. The van der Waals surface area contributed by atoms with Crippen LogP contribution in [0, 0.1) is 11.6 Å². The van der Waals surface area contributed by atoms with Gasteiger partial charge < -0.3 is 10.2 Å². The van der Waals surface area contributed by atoms with Crippen molar-refractivity contribution < 1.29 is 13.6 Å². The molecule has 0 saturated carbocycles. The van der Waals surface area contributed by atoms with Crippen LogP contribution in [0.4, 0.5) is 8.78 Å². The number of piperidine rings is 1. The van der Waals surface area contributed by atoms with Crippen LogP contribution in [0.3, 0.4) is 0 Å². The van der Waals surface area contributed by atoms with Gasteiger partial charge in [0.2, 0.25) is 0 Å². The number of likely N-dealkylation sites (tertiary alicyclic amines) is 1. The van der Waals surface area contributed by atoms with Crippen molar-refractivity contribution in [3.8, 4) is 0 Å². The van der Waals surface area contributed by atoms with Crippen molar-refractivity contribution in [2.75, 3.05) is 13.1 Å². The molecule has 0 spiro atoms. The number of carbonyl (C=O) groups is 1. The van der Waals surface area contributed by atoms with E-state index >= 15 is 0 Å². The second kappa shape index (κ2) is 6.83. The molecule has 0 atom stereocenters. The summed E-state index contributed by atoms with van der Waals surface area (Å²) >= 11 is 3.00. The maximum atomic E-state index is 13.7. The first-order valence-electron chi connectivity index (χ1n) is 7.08. The predicted octanol–water partition coefficient (Wildman–Crippen LogP) is 3.33. The maximum Gasteiger partial charge on any atom is 0.257 e. The van der Waals surface area contributed by atoms with Gasteiger partial charge in [-0.05, 0) is 38.8 Å². The highest BCUT2D eigenvalue weighted by atomic mass is 79.9. The molecule has 21 heavy (non-hydrogen) atoms. The fourth-order valence-electron chi connectivity index (χ4n) is 2.58. The van der Waals surface area contributed by atoms with Crippen molar-refractivity contribution in [3.05, 3.63) is 33.8 Å². The van der Waals surface area contributed by atoms with E-state index in [2.05, 4.69) is 40.0 Å². The SMILES string of the molecule is CC(C)N1CCC(NC(=O)c2c(F)cc(Br)cc2F)CC1. The third kappa shape index (κ3) is 4.01. The zero-order valence-corrected chi connectivity index (χ0v) is 13.7. The highest BCUT2D eigenvalue weighted by molar-refractivity contribution is 9.10. The second-order valence-corrected chi connectivity index (χ2v) is 6.54. The van der Waals surface area contributed by atoms with Gasteiger partial charge in [0, 0.05) is 29.6 Å². The Hall–Kier alpha value is -1.01. The van der Waals surface area contributed by atoms with E-state index in [1.165, 1.54) is 0 Å². The van der Waals surface area contributed by atoms with Crippen LogP contribution in [0.2, 0.25) is 0 Å². The van der Waals surface area contributed by atoms with Gasteiger partial charge in [-0.1, -0.05) is 15.9 Å². The van der Waals surface area contributed by atoms with Crippen molar-refractivity contribution >= 4 is 21.8 Å². The van der Waals surface area contributed by atoms with Gasteiger partial charge in [-0.15, -0.1) is 0 Å².